The molecule has 0 saturated carbocycles. The quantitative estimate of drug-likeness (QED) is 0.372. The first-order chi connectivity index (χ1) is 11.8. The predicted octanol–water partition coefficient (Wildman–Crippen LogP) is 6.34. The normalized spacial score (nSPS) is 11.5. The molecule has 0 unspecified atom stereocenters. The summed E-state index contributed by atoms with van der Waals surface area (Å²) in [6.07, 6.45) is 0. The Bertz CT molecular complexity index is 1170. The number of thiophene rings is 1. The molecule has 116 valence electrons. The molecule has 0 saturated heterocycles. The van der Waals surface area contributed by atoms with Gasteiger partial charge in [-0.3, -0.25) is 0 Å². The molecule has 0 aliphatic carbocycles. The number of fused-ring (bicyclic) bond motifs is 4. The van der Waals surface area contributed by atoms with Crippen molar-refractivity contribution in [3.8, 4) is 15.6 Å². The summed E-state index contributed by atoms with van der Waals surface area (Å²) in [5, 5.41) is 4.84. The average Bonchev–Trinajstić information content (AvgIpc) is 3.24. The van der Waals surface area contributed by atoms with Crippen LogP contribution in [0.1, 0.15) is 0 Å². The maximum atomic E-state index is 5.34. The van der Waals surface area contributed by atoms with Crippen molar-refractivity contribution in [1.82, 2.24) is 4.98 Å². The van der Waals surface area contributed by atoms with E-state index in [0.29, 0.717) is 0 Å². The van der Waals surface area contributed by atoms with E-state index in [1.54, 1.807) is 18.4 Å². The Morgan fingerprint density at radius 2 is 1.75 bits per heavy atom. The molecule has 0 bridgehead atoms. The molecule has 0 atom stereocenters. The fraction of sp³-hybridized carbons (Fsp3) is 0.0500. The molecule has 2 nitrogen and oxygen atoms in total. The summed E-state index contributed by atoms with van der Waals surface area (Å²) in [4.78, 5) is 6.03. The molecule has 0 aliphatic heterocycles. The third-order valence-corrected chi connectivity index (χ3v) is 6.60. The van der Waals surface area contributed by atoms with Crippen molar-refractivity contribution in [2.75, 3.05) is 7.11 Å². The number of benzene rings is 3. The number of ether oxygens (including phenoxy) is 1. The predicted molar refractivity (Wildman–Crippen MR) is 104 cm³/mol. The van der Waals surface area contributed by atoms with Gasteiger partial charge in [0.2, 0.25) is 0 Å². The van der Waals surface area contributed by atoms with Gasteiger partial charge >= 0.3 is 0 Å². The third-order valence-electron chi connectivity index (χ3n) is 4.21. The average molecular weight is 347 g/mol. The molecule has 2 aromatic heterocycles. The molecule has 0 radical (unpaired) electrons. The second-order valence-corrected chi connectivity index (χ2v) is 7.75. The van der Waals surface area contributed by atoms with Crippen LogP contribution < -0.4 is 4.74 Å². The Morgan fingerprint density at radius 1 is 0.875 bits per heavy atom. The molecule has 0 aliphatic rings. The number of hydrogen-bond donors (Lipinski definition) is 0. The third kappa shape index (κ3) is 2.11. The number of aromatic nitrogens is 1. The number of hydrogen-bond acceptors (Lipinski definition) is 4. The van der Waals surface area contributed by atoms with E-state index in [-0.39, 0.29) is 0 Å². The molecule has 5 aromatic rings. The fourth-order valence-electron chi connectivity index (χ4n) is 3.01. The number of para-hydroxylation sites is 1. The van der Waals surface area contributed by atoms with Gasteiger partial charge in [-0.25, -0.2) is 4.98 Å². The topological polar surface area (TPSA) is 22.1 Å². The van der Waals surface area contributed by atoms with E-state index < -0.39 is 0 Å². The zero-order valence-corrected chi connectivity index (χ0v) is 14.6. The molecule has 0 amide bonds. The lowest BCUT2D eigenvalue weighted by atomic mass is 10.1. The van der Waals surface area contributed by atoms with Crippen molar-refractivity contribution in [2.24, 2.45) is 0 Å². The van der Waals surface area contributed by atoms with Gasteiger partial charge in [0.1, 0.15) is 10.8 Å². The number of rotatable bonds is 2. The standard InChI is InChI=1S/C20H13NOS2/c1-22-14-8-9-15-12(10-14)6-7-13-11-18(23-19(13)15)20-21-16-4-2-3-5-17(16)24-20/h2-11H,1H3. The van der Waals surface area contributed by atoms with Crippen molar-refractivity contribution in [3.63, 3.8) is 0 Å². The Labute approximate surface area is 147 Å². The summed E-state index contributed by atoms with van der Waals surface area (Å²) < 4.78 is 7.88. The number of thiazole rings is 1. The van der Waals surface area contributed by atoms with E-state index in [1.165, 1.54) is 30.4 Å². The van der Waals surface area contributed by atoms with Crippen LogP contribution in [0.5, 0.6) is 5.75 Å². The Morgan fingerprint density at radius 3 is 2.62 bits per heavy atom. The lowest BCUT2D eigenvalue weighted by molar-refractivity contribution is 0.415. The fourth-order valence-corrected chi connectivity index (χ4v) is 5.22. The van der Waals surface area contributed by atoms with E-state index in [4.69, 9.17) is 9.72 Å². The Balaban J connectivity index is 1.73. The minimum atomic E-state index is 0.893. The molecule has 0 N–H and O–H groups in total. The van der Waals surface area contributed by atoms with Crippen LogP contribution in [-0.2, 0) is 0 Å². The minimum Gasteiger partial charge on any atom is -0.497 e. The summed E-state index contributed by atoms with van der Waals surface area (Å²) in [6.45, 7) is 0. The molecule has 4 heteroatoms. The monoisotopic (exact) mass is 347 g/mol. The second-order valence-electron chi connectivity index (χ2n) is 5.67. The lowest BCUT2D eigenvalue weighted by Gasteiger charge is -2.03. The van der Waals surface area contributed by atoms with Crippen LogP contribution in [0.2, 0.25) is 0 Å². The summed E-state index contributed by atoms with van der Waals surface area (Å²) in [7, 11) is 1.70. The highest BCUT2D eigenvalue weighted by molar-refractivity contribution is 7.28. The Hall–Kier alpha value is -2.43. The summed E-state index contributed by atoms with van der Waals surface area (Å²) in [5.41, 5.74) is 1.07. The van der Waals surface area contributed by atoms with Crippen LogP contribution >= 0.6 is 22.7 Å². The summed E-state index contributed by atoms with van der Waals surface area (Å²) in [5.74, 6) is 0.893. The molecular formula is C20H13NOS2. The highest BCUT2D eigenvalue weighted by Gasteiger charge is 2.11. The Kier molecular flexibility index (Phi) is 3.08. The molecular weight excluding hydrogens is 334 g/mol. The van der Waals surface area contributed by atoms with E-state index in [2.05, 4.69) is 48.5 Å². The van der Waals surface area contributed by atoms with Gasteiger partial charge in [-0.2, -0.15) is 0 Å². The van der Waals surface area contributed by atoms with Crippen LogP contribution in [0.15, 0.2) is 60.7 Å². The highest BCUT2D eigenvalue weighted by atomic mass is 32.1. The van der Waals surface area contributed by atoms with Gasteiger partial charge in [0.25, 0.3) is 0 Å². The van der Waals surface area contributed by atoms with Gasteiger partial charge in [-0.15, -0.1) is 22.7 Å². The van der Waals surface area contributed by atoms with Crippen molar-refractivity contribution >= 4 is 53.7 Å². The first-order valence-electron chi connectivity index (χ1n) is 7.68. The SMILES string of the molecule is COc1ccc2c(ccc3cc(-c4nc5ccccc5s4)sc32)c1. The van der Waals surface area contributed by atoms with Crippen LogP contribution in [0.3, 0.4) is 0 Å². The van der Waals surface area contributed by atoms with Gasteiger partial charge in [-0.1, -0.05) is 24.3 Å². The number of methoxy groups -OCH3 is 1. The van der Waals surface area contributed by atoms with Gasteiger partial charge in [0, 0.05) is 4.70 Å². The summed E-state index contributed by atoms with van der Waals surface area (Å²) in [6, 6.07) is 21.2. The van der Waals surface area contributed by atoms with Crippen LogP contribution in [0, 0.1) is 0 Å². The first kappa shape index (κ1) is 14.0. The van der Waals surface area contributed by atoms with Crippen molar-refractivity contribution in [2.45, 2.75) is 0 Å². The molecule has 2 heterocycles. The van der Waals surface area contributed by atoms with E-state index in [1.807, 2.05) is 23.5 Å². The van der Waals surface area contributed by atoms with E-state index in [0.717, 1.165) is 16.3 Å². The number of nitrogens with zero attached hydrogens (tertiary/aromatic N) is 1. The lowest BCUT2D eigenvalue weighted by Crippen LogP contribution is -1.81. The zero-order valence-electron chi connectivity index (χ0n) is 12.9. The smallest absolute Gasteiger partial charge is 0.134 e. The highest BCUT2D eigenvalue weighted by Crippen LogP contribution is 2.40. The molecule has 24 heavy (non-hydrogen) atoms. The molecule has 0 spiro atoms. The van der Waals surface area contributed by atoms with Crippen LogP contribution in [0.4, 0.5) is 0 Å². The van der Waals surface area contributed by atoms with Crippen molar-refractivity contribution in [1.29, 1.82) is 0 Å². The summed E-state index contributed by atoms with van der Waals surface area (Å²) >= 11 is 3.57. The van der Waals surface area contributed by atoms with Gasteiger partial charge in [-0.05, 0) is 52.6 Å². The first-order valence-corrected chi connectivity index (χ1v) is 9.31. The molecule has 0 fully saturated rings. The van der Waals surface area contributed by atoms with Crippen LogP contribution in [0.25, 0.3) is 41.0 Å². The van der Waals surface area contributed by atoms with Crippen molar-refractivity contribution < 1.29 is 4.74 Å². The minimum absolute atomic E-state index is 0.893. The largest absolute Gasteiger partial charge is 0.497 e. The van der Waals surface area contributed by atoms with Gasteiger partial charge in [0.05, 0.1) is 22.2 Å². The zero-order chi connectivity index (χ0) is 16.1. The van der Waals surface area contributed by atoms with E-state index >= 15 is 0 Å². The van der Waals surface area contributed by atoms with Gasteiger partial charge in [0.15, 0.2) is 0 Å². The van der Waals surface area contributed by atoms with Crippen LogP contribution in [-0.4, -0.2) is 12.1 Å². The molecule has 5 rings (SSSR count). The van der Waals surface area contributed by atoms with Crippen molar-refractivity contribution in [3.05, 3.63) is 60.7 Å². The van der Waals surface area contributed by atoms with E-state index in [9.17, 15) is 0 Å². The maximum Gasteiger partial charge on any atom is 0.134 e. The van der Waals surface area contributed by atoms with Gasteiger partial charge < -0.3 is 4.74 Å². The molecule has 3 aromatic carbocycles. The second kappa shape index (κ2) is 5.30. The maximum absolute atomic E-state index is 5.34.